The number of carbonyl (C=O) groups excluding carboxylic acids is 1. The van der Waals surface area contributed by atoms with Crippen molar-refractivity contribution in [2.24, 2.45) is 0 Å². The van der Waals surface area contributed by atoms with Crippen LogP contribution in [0.1, 0.15) is 12.2 Å². The first-order chi connectivity index (χ1) is 14.6. The number of thioether (sulfide) groups is 1. The highest BCUT2D eigenvalue weighted by Crippen LogP contribution is 2.37. The first kappa shape index (κ1) is 22.5. The van der Waals surface area contributed by atoms with Crippen LogP contribution < -0.4 is 0 Å². The Morgan fingerprint density at radius 1 is 1.32 bits per heavy atom. The quantitative estimate of drug-likeness (QED) is 0.259. The van der Waals surface area contributed by atoms with Gasteiger partial charge < -0.3 is 14.6 Å². The number of carboxylic acid groups (broad SMARTS) is 2. The maximum Gasteiger partial charge on any atom is 0.327 e. The lowest BCUT2D eigenvalue weighted by Gasteiger charge is -2.21. The average Bonchev–Trinajstić information content (AvgIpc) is 3.24. The topological polar surface area (TPSA) is 151 Å². The van der Waals surface area contributed by atoms with Crippen molar-refractivity contribution < 1.29 is 33.9 Å². The third-order valence-corrected chi connectivity index (χ3v) is 5.68. The monoisotopic (exact) mass is 482 g/mol. The van der Waals surface area contributed by atoms with E-state index in [0.29, 0.717) is 0 Å². The van der Waals surface area contributed by atoms with Crippen LogP contribution in [0.5, 0.6) is 0 Å². The van der Waals surface area contributed by atoms with Crippen LogP contribution in [0.15, 0.2) is 39.7 Å². The molecule has 1 aromatic heterocycles. The van der Waals surface area contributed by atoms with Crippen molar-refractivity contribution in [2.45, 2.75) is 12.5 Å². The van der Waals surface area contributed by atoms with Gasteiger partial charge in [0.25, 0.3) is 11.6 Å². The molecule has 2 heterocycles. The van der Waals surface area contributed by atoms with E-state index in [4.69, 9.17) is 33.3 Å². The minimum absolute atomic E-state index is 0.0214. The van der Waals surface area contributed by atoms with Crippen molar-refractivity contribution in [3.05, 3.63) is 56.1 Å². The molecule has 0 spiro atoms. The highest BCUT2D eigenvalue weighted by molar-refractivity contribution is 8.26. The zero-order valence-corrected chi connectivity index (χ0v) is 17.6. The van der Waals surface area contributed by atoms with E-state index in [0.717, 1.165) is 16.7 Å². The number of nitrogens with zero attached hydrogens (tertiary/aromatic N) is 2. The van der Waals surface area contributed by atoms with E-state index in [9.17, 15) is 29.6 Å². The van der Waals surface area contributed by atoms with E-state index in [-0.39, 0.29) is 37.0 Å². The number of hydrogen-bond acceptors (Lipinski definition) is 8. The zero-order valence-electron chi connectivity index (χ0n) is 15.2. The smallest absolute Gasteiger partial charge is 0.327 e. The molecule has 0 unspecified atom stereocenters. The minimum Gasteiger partial charge on any atom is -0.481 e. The Balaban J connectivity index is 1.91. The summed E-state index contributed by atoms with van der Waals surface area (Å²) >= 11 is 11.7. The molecule has 0 aliphatic carbocycles. The van der Waals surface area contributed by atoms with Crippen LogP contribution in [0, 0.1) is 10.1 Å². The van der Waals surface area contributed by atoms with Gasteiger partial charge in [-0.3, -0.25) is 24.6 Å². The first-order valence-corrected chi connectivity index (χ1v) is 9.94. The molecule has 1 aromatic carbocycles. The molecule has 1 atom stereocenters. The Bertz CT molecular complexity index is 1160. The van der Waals surface area contributed by atoms with Crippen molar-refractivity contribution in [1.29, 1.82) is 0 Å². The number of halogens is 1. The summed E-state index contributed by atoms with van der Waals surface area (Å²) in [6.07, 6.45) is 0.477. The predicted molar refractivity (Wildman–Crippen MR) is 114 cm³/mol. The molecule has 0 saturated carbocycles. The Labute approximate surface area is 188 Å². The molecule has 0 radical (unpaired) electrons. The van der Waals surface area contributed by atoms with Crippen LogP contribution in [0.3, 0.4) is 0 Å². The van der Waals surface area contributed by atoms with Crippen molar-refractivity contribution in [3.63, 3.8) is 0 Å². The second-order valence-electron chi connectivity index (χ2n) is 6.12. The number of aliphatic carboxylic acids is 2. The number of nitro groups is 1. The number of amides is 1. The number of rotatable bonds is 7. The van der Waals surface area contributed by atoms with Gasteiger partial charge in [0.05, 0.1) is 21.8 Å². The van der Waals surface area contributed by atoms with Gasteiger partial charge in [0.2, 0.25) is 0 Å². The summed E-state index contributed by atoms with van der Waals surface area (Å²) in [7, 11) is 0. The van der Waals surface area contributed by atoms with E-state index in [1.165, 1.54) is 36.4 Å². The fraction of sp³-hybridized carbons (Fsp3) is 0.111. The number of nitro benzene ring substituents is 1. The van der Waals surface area contributed by atoms with Crippen molar-refractivity contribution in [2.75, 3.05) is 0 Å². The summed E-state index contributed by atoms with van der Waals surface area (Å²) in [5.74, 6) is -3.37. The van der Waals surface area contributed by atoms with Gasteiger partial charge in [-0.2, -0.15) is 0 Å². The molecule has 160 valence electrons. The van der Waals surface area contributed by atoms with E-state index < -0.39 is 35.2 Å². The number of furan rings is 1. The lowest BCUT2D eigenvalue weighted by atomic mass is 10.1. The van der Waals surface area contributed by atoms with E-state index in [1.807, 2.05) is 0 Å². The van der Waals surface area contributed by atoms with Gasteiger partial charge in [-0.15, -0.1) is 0 Å². The van der Waals surface area contributed by atoms with Gasteiger partial charge in [0, 0.05) is 17.2 Å². The van der Waals surface area contributed by atoms with Crippen LogP contribution in [0.2, 0.25) is 5.02 Å². The van der Waals surface area contributed by atoms with Crippen molar-refractivity contribution in [3.8, 4) is 11.3 Å². The molecule has 2 aromatic rings. The molecule has 3 rings (SSSR count). The Morgan fingerprint density at radius 2 is 2.03 bits per heavy atom. The number of carbonyl (C=O) groups is 3. The number of hydrogen-bond donors (Lipinski definition) is 2. The molecule has 10 nitrogen and oxygen atoms in total. The molecule has 1 fully saturated rings. The maximum atomic E-state index is 12.7. The van der Waals surface area contributed by atoms with Gasteiger partial charge >= 0.3 is 11.9 Å². The molecule has 1 aliphatic rings. The average molecular weight is 483 g/mol. The van der Waals surface area contributed by atoms with Gasteiger partial charge in [-0.05, 0) is 24.3 Å². The Morgan fingerprint density at radius 3 is 2.65 bits per heavy atom. The highest BCUT2D eigenvalue weighted by atomic mass is 35.5. The van der Waals surface area contributed by atoms with Crippen LogP contribution in [-0.4, -0.2) is 48.2 Å². The normalized spacial score (nSPS) is 16.0. The van der Waals surface area contributed by atoms with E-state index >= 15 is 0 Å². The number of carboxylic acids is 2. The van der Waals surface area contributed by atoms with Crippen LogP contribution in [0.25, 0.3) is 17.4 Å². The molecule has 1 saturated heterocycles. The van der Waals surface area contributed by atoms with Crippen LogP contribution in [0.4, 0.5) is 5.69 Å². The third kappa shape index (κ3) is 4.76. The van der Waals surface area contributed by atoms with Crippen molar-refractivity contribution in [1.82, 2.24) is 4.90 Å². The molecular weight excluding hydrogens is 472 g/mol. The lowest BCUT2D eigenvalue weighted by Crippen LogP contribution is -2.45. The van der Waals surface area contributed by atoms with Gasteiger partial charge in [0.1, 0.15) is 21.9 Å². The molecule has 0 bridgehead atoms. The summed E-state index contributed by atoms with van der Waals surface area (Å²) < 4.78 is 5.49. The fourth-order valence-electron chi connectivity index (χ4n) is 2.77. The third-order valence-electron chi connectivity index (χ3n) is 4.11. The summed E-state index contributed by atoms with van der Waals surface area (Å²) in [6, 6.07) is 5.34. The SMILES string of the molecule is O=C(O)C[C@@H](C(=O)O)N1C(=O)/C(=C/c2ccc(-c3ccc(Cl)cc3[N+](=O)[O-])o2)SC1=S. The minimum atomic E-state index is -1.65. The largest absolute Gasteiger partial charge is 0.481 e. The summed E-state index contributed by atoms with van der Waals surface area (Å²) in [4.78, 5) is 46.5. The number of benzene rings is 1. The molecule has 31 heavy (non-hydrogen) atoms. The Kier molecular flexibility index (Phi) is 6.43. The molecule has 1 aliphatic heterocycles. The first-order valence-electron chi connectivity index (χ1n) is 8.34. The van der Waals surface area contributed by atoms with Gasteiger partial charge in [-0.25, -0.2) is 4.79 Å². The van der Waals surface area contributed by atoms with Crippen LogP contribution >= 0.6 is 35.6 Å². The van der Waals surface area contributed by atoms with Crippen LogP contribution in [-0.2, 0) is 14.4 Å². The lowest BCUT2D eigenvalue weighted by molar-refractivity contribution is -0.384. The van der Waals surface area contributed by atoms with E-state index in [2.05, 4.69) is 0 Å². The Hall–Kier alpha value is -3.22. The maximum absolute atomic E-state index is 12.7. The molecular formula is C18H11ClN2O8S2. The second kappa shape index (κ2) is 8.88. The van der Waals surface area contributed by atoms with Crippen molar-refractivity contribution >= 4 is 69.5 Å². The standard InChI is InChI=1S/C18H11ClN2O8S2/c19-8-1-3-10(11(5-8)21(27)28)13-4-2-9(29-13)6-14-16(24)20(18(30)31-14)12(17(25)26)7-15(22)23/h1-6,12H,7H2,(H,22,23)(H,25,26)/b14-6-/t12-/m0/s1. The van der Waals surface area contributed by atoms with E-state index in [1.54, 1.807) is 0 Å². The second-order valence-corrected chi connectivity index (χ2v) is 8.24. The van der Waals surface area contributed by atoms with Gasteiger partial charge in [0.15, 0.2) is 0 Å². The predicted octanol–water partition coefficient (Wildman–Crippen LogP) is 3.64. The fourth-order valence-corrected chi connectivity index (χ4v) is 4.27. The summed E-state index contributed by atoms with van der Waals surface area (Å²) in [6.45, 7) is 0. The molecule has 13 heteroatoms. The van der Waals surface area contributed by atoms with Gasteiger partial charge in [-0.1, -0.05) is 35.6 Å². The molecule has 1 amide bonds. The zero-order chi connectivity index (χ0) is 22.9. The highest BCUT2D eigenvalue weighted by Gasteiger charge is 2.41. The summed E-state index contributed by atoms with van der Waals surface area (Å²) in [5.41, 5.74) is -0.0910. The number of thiocarbonyl (C=S) groups is 1. The summed E-state index contributed by atoms with van der Waals surface area (Å²) in [5, 5.41) is 29.7. The molecule has 2 N–H and O–H groups in total.